The first-order chi connectivity index (χ1) is 14.9. The highest BCUT2D eigenvalue weighted by molar-refractivity contribution is 5.85. The Morgan fingerprint density at radius 2 is 2.03 bits per heavy atom. The molecule has 0 atom stereocenters. The lowest BCUT2D eigenvalue weighted by Crippen LogP contribution is -2.40. The van der Waals surface area contributed by atoms with E-state index in [1.807, 2.05) is 6.33 Å². The molecule has 1 aliphatic carbocycles. The van der Waals surface area contributed by atoms with Crippen LogP contribution in [0.15, 0.2) is 15.6 Å². The minimum atomic E-state index is -0.614. The Hall–Kier alpha value is -2.71. The summed E-state index contributed by atoms with van der Waals surface area (Å²) >= 11 is 0. The Bertz CT molecular complexity index is 1120. The smallest absolute Gasteiger partial charge is 0.354 e. The maximum Gasteiger partial charge on any atom is 0.439 e. The van der Waals surface area contributed by atoms with E-state index in [0.717, 1.165) is 43.3 Å². The summed E-state index contributed by atoms with van der Waals surface area (Å²) in [7, 11) is 0. The number of hydrogen-bond acceptors (Lipinski definition) is 7. The van der Waals surface area contributed by atoms with Gasteiger partial charge in [-0.2, -0.15) is 0 Å². The van der Waals surface area contributed by atoms with Gasteiger partial charge in [-0.1, -0.05) is 38.8 Å². The van der Waals surface area contributed by atoms with E-state index in [1.54, 1.807) is 0 Å². The van der Waals surface area contributed by atoms with Gasteiger partial charge in [0.25, 0.3) is 0 Å². The fraction of sp³-hybridized carbons (Fsp3) is 0.682. The van der Waals surface area contributed by atoms with Crippen LogP contribution in [-0.2, 0) is 6.54 Å². The van der Waals surface area contributed by atoms with Crippen LogP contribution < -0.4 is 10.7 Å². The third-order valence-corrected chi connectivity index (χ3v) is 6.90. The minimum Gasteiger partial charge on any atom is -0.354 e. The molecule has 2 aliphatic rings. The zero-order chi connectivity index (χ0) is 21.6. The molecule has 0 unspecified atom stereocenters. The van der Waals surface area contributed by atoms with Crippen LogP contribution in [0.5, 0.6) is 0 Å². The van der Waals surface area contributed by atoms with E-state index >= 15 is 0 Å². The van der Waals surface area contributed by atoms with Crippen LogP contribution in [0.3, 0.4) is 0 Å². The summed E-state index contributed by atoms with van der Waals surface area (Å²) in [5, 5.41) is 3.79. The number of rotatable bonds is 4. The molecular formula is C22H31N7O2. The van der Waals surface area contributed by atoms with Crippen molar-refractivity contribution in [3.8, 4) is 11.6 Å². The normalized spacial score (nSPS) is 24.0. The van der Waals surface area contributed by atoms with Gasteiger partial charge in [-0.25, -0.2) is 19.7 Å². The average Bonchev–Trinajstić information content (AvgIpc) is 3.35. The highest BCUT2D eigenvalue weighted by Crippen LogP contribution is 2.35. The van der Waals surface area contributed by atoms with Crippen molar-refractivity contribution in [2.24, 2.45) is 17.3 Å². The SMILES string of the molecule is CC1(C)CCCN(c2nc(-c3noc(=O)[nH]3)nc3ncn(C[C@H]4CC[C@H](C)CC4)c23)C1. The molecule has 4 heterocycles. The van der Waals surface area contributed by atoms with E-state index in [-0.39, 0.29) is 11.2 Å². The molecule has 1 aliphatic heterocycles. The highest BCUT2D eigenvalue weighted by atomic mass is 16.5. The molecule has 166 valence electrons. The van der Waals surface area contributed by atoms with Crippen LogP contribution in [0.25, 0.3) is 22.8 Å². The first-order valence-electron chi connectivity index (χ1n) is 11.4. The number of H-pyrrole nitrogens is 1. The summed E-state index contributed by atoms with van der Waals surface area (Å²) in [6, 6.07) is 0. The predicted molar refractivity (Wildman–Crippen MR) is 118 cm³/mol. The van der Waals surface area contributed by atoms with Crippen molar-refractivity contribution in [2.45, 2.75) is 65.8 Å². The van der Waals surface area contributed by atoms with Gasteiger partial charge >= 0.3 is 5.76 Å². The summed E-state index contributed by atoms with van der Waals surface area (Å²) in [5.41, 5.74) is 1.82. The number of anilines is 1. The van der Waals surface area contributed by atoms with Crippen LogP contribution in [-0.4, -0.2) is 42.7 Å². The van der Waals surface area contributed by atoms with Crippen LogP contribution in [0, 0.1) is 17.3 Å². The molecule has 9 nitrogen and oxygen atoms in total. The van der Waals surface area contributed by atoms with Gasteiger partial charge in [-0.3, -0.25) is 9.51 Å². The van der Waals surface area contributed by atoms with E-state index in [4.69, 9.17) is 4.98 Å². The van der Waals surface area contributed by atoms with Gasteiger partial charge in [0.2, 0.25) is 11.6 Å². The van der Waals surface area contributed by atoms with Crippen molar-refractivity contribution in [2.75, 3.05) is 18.0 Å². The van der Waals surface area contributed by atoms with Gasteiger partial charge in [0.1, 0.15) is 5.52 Å². The molecule has 0 amide bonds. The Balaban J connectivity index is 1.57. The number of fused-ring (bicyclic) bond motifs is 1. The van der Waals surface area contributed by atoms with E-state index in [2.05, 4.69) is 54.9 Å². The lowest BCUT2D eigenvalue weighted by molar-refractivity contribution is 0.266. The first-order valence-corrected chi connectivity index (χ1v) is 11.4. The molecule has 0 aromatic carbocycles. The molecule has 31 heavy (non-hydrogen) atoms. The number of aromatic amines is 1. The molecule has 5 rings (SSSR count). The molecule has 3 aromatic heterocycles. The van der Waals surface area contributed by atoms with Gasteiger partial charge in [0.15, 0.2) is 11.5 Å². The zero-order valence-corrected chi connectivity index (χ0v) is 18.6. The number of imidazole rings is 1. The number of aromatic nitrogens is 6. The molecule has 1 saturated carbocycles. The van der Waals surface area contributed by atoms with E-state index < -0.39 is 5.76 Å². The number of nitrogens with zero attached hydrogens (tertiary/aromatic N) is 6. The van der Waals surface area contributed by atoms with Crippen molar-refractivity contribution >= 4 is 17.0 Å². The average molecular weight is 426 g/mol. The van der Waals surface area contributed by atoms with Gasteiger partial charge < -0.3 is 9.47 Å². The molecular weight excluding hydrogens is 394 g/mol. The van der Waals surface area contributed by atoms with Crippen molar-refractivity contribution < 1.29 is 4.52 Å². The molecule has 2 fully saturated rings. The van der Waals surface area contributed by atoms with Gasteiger partial charge in [-0.15, -0.1) is 0 Å². The van der Waals surface area contributed by atoms with Gasteiger partial charge in [-0.05, 0) is 42.9 Å². The van der Waals surface area contributed by atoms with Crippen molar-refractivity contribution in [3.63, 3.8) is 0 Å². The van der Waals surface area contributed by atoms with E-state index in [0.29, 0.717) is 17.4 Å². The molecule has 0 spiro atoms. The van der Waals surface area contributed by atoms with Crippen molar-refractivity contribution in [1.82, 2.24) is 29.7 Å². The lowest BCUT2D eigenvalue weighted by Gasteiger charge is -2.39. The van der Waals surface area contributed by atoms with E-state index in [1.165, 1.54) is 32.1 Å². The van der Waals surface area contributed by atoms with Gasteiger partial charge in [0.05, 0.1) is 6.33 Å². The van der Waals surface area contributed by atoms with Crippen LogP contribution in [0.1, 0.15) is 59.3 Å². The van der Waals surface area contributed by atoms with E-state index in [9.17, 15) is 4.79 Å². The minimum absolute atomic E-state index is 0.211. The Kier molecular flexibility index (Phi) is 5.06. The number of hydrogen-bond donors (Lipinski definition) is 1. The Labute approximate surface area is 181 Å². The van der Waals surface area contributed by atoms with Crippen LogP contribution >= 0.6 is 0 Å². The molecule has 0 radical (unpaired) electrons. The second-order valence-electron chi connectivity index (χ2n) is 10.2. The Morgan fingerprint density at radius 1 is 1.23 bits per heavy atom. The number of piperidine rings is 1. The number of nitrogens with one attached hydrogen (secondary N) is 1. The molecule has 3 aromatic rings. The first kappa shape index (κ1) is 20.2. The molecule has 9 heteroatoms. The monoisotopic (exact) mass is 425 g/mol. The second kappa shape index (κ2) is 7.76. The van der Waals surface area contributed by atoms with Gasteiger partial charge in [0, 0.05) is 19.6 Å². The maximum absolute atomic E-state index is 11.5. The van der Waals surface area contributed by atoms with Crippen molar-refractivity contribution in [1.29, 1.82) is 0 Å². The third-order valence-electron chi connectivity index (χ3n) is 6.90. The Morgan fingerprint density at radius 3 is 2.74 bits per heavy atom. The fourth-order valence-electron chi connectivity index (χ4n) is 5.15. The standard InChI is InChI=1S/C22H31N7O2/c1-14-5-7-15(8-6-14)11-29-13-23-17-16(29)20(28-10-4-9-22(2,3)12-28)25-18(24-17)19-26-21(30)31-27-19/h13-15H,4-12H2,1-3H3,(H,26,27,30)/t14-,15-. The quantitative estimate of drug-likeness (QED) is 0.680. The van der Waals surface area contributed by atoms with Crippen molar-refractivity contribution in [3.05, 3.63) is 16.9 Å². The van der Waals surface area contributed by atoms with Crippen LogP contribution in [0.4, 0.5) is 5.82 Å². The molecule has 0 bridgehead atoms. The third kappa shape index (κ3) is 4.09. The summed E-state index contributed by atoms with van der Waals surface area (Å²) in [6.45, 7) is 9.75. The summed E-state index contributed by atoms with van der Waals surface area (Å²) in [4.78, 5) is 30.5. The highest BCUT2D eigenvalue weighted by Gasteiger charge is 2.30. The fourth-order valence-corrected chi connectivity index (χ4v) is 5.15. The predicted octanol–water partition coefficient (Wildman–Crippen LogP) is 3.62. The zero-order valence-electron chi connectivity index (χ0n) is 18.6. The summed E-state index contributed by atoms with van der Waals surface area (Å²) in [6.07, 6.45) is 9.31. The largest absolute Gasteiger partial charge is 0.439 e. The second-order valence-corrected chi connectivity index (χ2v) is 10.2. The topological polar surface area (TPSA) is 106 Å². The molecule has 1 saturated heterocycles. The summed E-state index contributed by atoms with van der Waals surface area (Å²) in [5.74, 6) is 2.33. The molecule has 1 N–H and O–H groups in total. The van der Waals surface area contributed by atoms with Crippen LogP contribution in [0.2, 0.25) is 0 Å². The summed E-state index contributed by atoms with van der Waals surface area (Å²) < 4.78 is 6.92. The lowest BCUT2D eigenvalue weighted by atomic mass is 9.83. The maximum atomic E-state index is 11.5.